The minimum absolute atomic E-state index is 0.158. The van der Waals surface area contributed by atoms with Crippen LogP contribution in [0.15, 0.2) is 66.2 Å². The molecule has 5 heteroatoms. The molecule has 1 fully saturated rings. The van der Waals surface area contributed by atoms with Crippen molar-refractivity contribution in [2.75, 3.05) is 5.32 Å². The average molecular weight is 335 g/mol. The normalized spacial score (nSPS) is 18.8. The number of benzene rings is 2. The summed E-state index contributed by atoms with van der Waals surface area (Å²) in [7, 11) is 0. The summed E-state index contributed by atoms with van der Waals surface area (Å²) in [5, 5.41) is 8.85. The van der Waals surface area contributed by atoms with E-state index < -0.39 is 0 Å². The molecule has 4 rings (SSSR count). The summed E-state index contributed by atoms with van der Waals surface area (Å²) in [6, 6.07) is 18.1. The molecule has 2 aromatic carbocycles. The molecule has 1 saturated carbocycles. The van der Waals surface area contributed by atoms with Gasteiger partial charge in [-0.05, 0) is 24.1 Å². The zero-order chi connectivity index (χ0) is 16.4. The molecule has 1 aliphatic rings. The van der Waals surface area contributed by atoms with E-state index in [4.69, 9.17) is 0 Å². The lowest BCUT2D eigenvalue weighted by atomic mass is 10.1. The molecule has 1 heterocycles. The predicted octanol–water partition coefficient (Wildman–Crippen LogP) is 4.49. The van der Waals surface area contributed by atoms with Crippen LogP contribution in [0, 0.1) is 0 Å². The van der Waals surface area contributed by atoms with Gasteiger partial charge in [0.15, 0.2) is 0 Å². The van der Waals surface area contributed by atoms with Gasteiger partial charge >= 0.3 is 6.03 Å². The maximum absolute atomic E-state index is 12.2. The monoisotopic (exact) mass is 335 g/mol. The molecule has 2 unspecified atom stereocenters. The second-order valence-electron chi connectivity index (χ2n) is 5.88. The van der Waals surface area contributed by atoms with Crippen molar-refractivity contribution >= 4 is 23.1 Å². The molecule has 0 bridgehead atoms. The molecule has 24 heavy (non-hydrogen) atoms. The van der Waals surface area contributed by atoms with Gasteiger partial charge < -0.3 is 10.6 Å². The number of carbonyl (C=O) groups is 1. The minimum Gasteiger partial charge on any atom is -0.334 e. The standard InChI is InChI=1S/C19H17N3OS/c23-19(22-17-12-16(17)13-5-2-1-3-6-13)21-15-8-4-7-14(11-15)18-20-9-10-24-18/h1-11,16-17H,12H2,(H2,21,22,23). The fraction of sp³-hybridized carbons (Fsp3) is 0.158. The van der Waals surface area contributed by atoms with Gasteiger partial charge in [0.1, 0.15) is 5.01 Å². The first kappa shape index (κ1) is 14.9. The second kappa shape index (κ2) is 6.45. The molecule has 1 aliphatic carbocycles. The summed E-state index contributed by atoms with van der Waals surface area (Å²) < 4.78 is 0. The number of carbonyl (C=O) groups excluding carboxylic acids is 1. The average Bonchev–Trinajstić information content (AvgIpc) is 3.15. The Balaban J connectivity index is 1.36. The van der Waals surface area contributed by atoms with E-state index in [1.807, 2.05) is 47.8 Å². The molecule has 2 atom stereocenters. The van der Waals surface area contributed by atoms with Crippen LogP contribution in [0.25, 0.3) is 10.6 Å². The SMILES string of the molecule is O=C(Nc1cccc(-c2nccs2)c1)NC1CC1c1ccccc1. The number of urea groups is 1. The number of amides is 2. The Bertz CT molecular complexity index is 833. The van der Waals surface area contributed by atoms with Crippen molar-refractivity contribution in [3.05, 3.63) is 71.7 Å². The molecule has 2 N–H and O–H groups in total. The van der Waals surface area contributed by atoms with E-state index in [9.17, 15) is 4.79 Å². The Morgan fingerprint density at radius 2 is 2.00 bits per heavy atom. The van der Waals surface area contributed by atoms with Gasteiger partial charge in [-0.2, -0.15) is 0 Å². The third-order valence-corrected chi connectivity index (χ3v) is 4.96. The highest BCUT2D eigenvalue weighted by molar-refractivity contribution is 7.13. The number of nitrogens with zero attached hydrogens (tertiary/aromatic N) is 1. The largest absolute Gasteiger partial charge is 0.334 e. The van der Waals surface area contributed by atoms with E-state index >= 15 is 0 Å². The van der Waals surface area contributed by atoms with Gasteiger partial charge in [-0.1, -0.05) is 42.5 Å². The fourth-order valence-electron chi connectivity index (χ4n) is 2.85. The van der Waals surface area contributed by atoms with E-state index in [0.717, 1.165) is 22.7 Å². The smallest absolute Gasteiger partial charge is 0.319 e. The van der Waals surface area contributed by atoms with Crippen molar-refractivity contribution in [3.63, 3.8) is 0 Å². The van der Waals surface area contributed by atoms with Crippen LogP contribution < -0.4 is 10.6 Å². The number of hydrogen-bond acceptors (Lipinski definition) is 3. The van der Waals surface area contributed by atoms with Crippen molar-refractivity contribution in [2.24, 2.45) is 0 Å². The van der Waals surface area contributed by atoms with Crippen LogP contribution in [0.4, 0.5) is 10.5 Å². The quantitative estimate of drug-likeness (QED) is 0.738. The molecule has 0 saturated heterocycles. The van der Waals surface area contributed by atoms with Gasteiger partial charge in [0.25, 0.3) is 0 Å². The van der Waals surface area contributed by atoms with Crippen molar-refractivity contribution in [1.29, 1.82) is 0 Å². The number of aromatic nitrogens is 1. The summed E-state index contributed by atoms with van der Waals surface area (Å²) in [4.78, 5) is 16.5. The first-order valence-corrected chi connectivity index (χ1v) is 8.80. The van der Waals surface area contributed by atoms with E-state index in [-0.39, 0.29) is 12.1 Å². The first-order valence-electron chi connectivity index (χ1n) is 7.92. The van der Waals surface area contributed by atoms with Crippen molar-refractivity contribution in [3.8, 4) is 10.6 Å². The highest BCUT2D eigenvalue weighted by Gasteiger charge is 2.39. The van der Waals surface area contributed by atoms with Crippen LogP contribution in [-0.4, -0.2) is 17.1 Å². The number of nitrogens with one attached hydrogen (secondary N) is 2. The number of hydrogen-bond donors (Lipinski definition) is 2. The Morgan fingerprint density at radius 1 is 1.12 bits per heavy atom. The number of anilines is 1. The van der Waals surface area contributed by atoms with E-state index in [1.165, 1.54) is 5.56 Å². The van der Waals surface area contributed by atoms with Gasteiger partial charge in [-0.15, -0.1) is 11.3 Å². The molecule has 0 radical (unpaired) electrons. The molecule has 120 valence electrons. The first-order chi connectivity index (χ1) is 11.8. The Morgan fingerprint density at radius 3 is 2.79 bits per heavy atom. The van der Waals surface area contributed by atoms with Crippen LogP contribution in [-0.2, 0) is 0 Å². The van der Waals surface area contributed by atoms with Crippen LogP contribution in [0.3, 0.4) is 0 Å². The van der Waals surface area contributed by atoms with Gasteiger partial charge in [0.05, 0.1) is 0 Å². The summed E-state index contributed by atoms with van der Waals surface area (Å²) in [6.07, 6.45) is 2.78. The second-order valence-corrected chi connectivity index (χ2v) is 6.77. The lowest BCUT2D eigenvalue weighted by molar-refractivity contribution is 0.251. The molecule has 0 aliphatic heterocycles. The van der Waals surface area contributed by atoms with Crippen molar-refractivity contribution < 1.29 is 4.79 Å². The highest BCUT2D eigenvalue weighted by Crippen LogP contribution is 2.40. The van der Waals surface area contributed by atoms with Gasteiger partial charge in [0, 0.05) is 34.8 Å². The predicted molar refractivity (Wildman–Crippen MR) is 97.3 cm³/mol. The fourth-order valence-corrected chi connectivity index (χ4v) is 3.49. The summed E-state index contributed by atoms with van der Waals surface area (Å²) in [5.41, 5.74) is 3.07. The molecule has 2 amide bonds. The van der Waals surface area contributed by atoms with Gasteiger partial charge in [0.2, 0.25) is 0 Å². The maximum Gasteiger partial charge on any atom is 0.319 e. The number of rotatable bonds is 4. The molecule has 4 nitrogen and oxygen atoms in total. The van der Waals surface area contributed by atoms with Crippen LogP contribution >= 0.6 is 11.3 Å². The zero-order valence-electron chi connectivity index (χ0n) is 13.0. The third-order valence-electron chi connectivity index (χ3n) is 4.13. The van der Waals surface area contributed by atoms with E-state index in [1.54, 1.807) is 17.5 Å². The third kappa shape index (κ3) is 3.31. The van der Waals surface area contributed by atoms with E-state index in [0.29, 0.717) is 5.92 Å². The highest BCUT2D eigenvalue weighted by atomic mass is 32.1. The van der Waals surface area contributed by atoms with Crippen LogP contribution in [0.5, 0.6) is 0 Å². The lowest BCUT2D eigenvalue weighted by Gasteiger charge is -2.08. The number of thiazole rings is 1. The molecular weight excluding hydrogens is 318 g/mol. The van der Waals surface area contributed by atoms with Crippen LogP contribution in [0.1, 0.15) is 17.9 Å². The molecule has 1 aromatic heterocycles. The zero-order valence-corrected chi connectivity index (χ0v) is 13.8. The van der Waals surface area contributed by atoms with E-state index in [2.05, 4.69) is 27.8 Å². The van der Waals surface area contributed by atoms with Gasteiger partial charge in [-0.25, -0.2) is 9.78 Å². The maximum atomic E-state index is 12.2. The minimum atomic E-state index is -0.158. The topological polar surface area (TPSA) is 54.0 Å². The summed E-state index contributed by atoms with van der Waals surface area (Å²) in [6.45, 7) is 0. The Hall–Kier alpha value is -2.66. The van der Waals surface area contributed by atoms with Crippen LogP contribution in [0.2, 0.25) is 0 Å². The molecular formula is C19H17N3OS. The molecule has 3 aromatic rings. The van der Waals surface area contributed by atoms with Crippen molar-refractivity contribution in [1.82, 2.24) is 10.3 Å². The summed E-state index contributed by atoms with van der Waals surface area (Å²) >= 11 is 1.58. The van der Waals surface area contributed by atoms with Gasteiger partial charge in [-0.3, -0.25) is 0 Å². The van der Waals surface area contributed by atoms with Crippen molar-refractivity contribution in [2.45, 2.75) is 18.4 Å². The Labute approximate surface area is 144 Å². The Kier molecular flexibility index (Phi) is 4.01. The lowest BCUT2D eigenvalue weighted by Crippen LogP contribution is -2.31. The molecule has 0 spiro atoms. The summed E-state index contributed by atoms with van der Waals surface area (Å²) in [5.74, 6) is 0.429.